The first-order valence-electron chi connectivity index (χ1n) is 9.20. The molecule has 2 rings (SSSR count). The normalized spacial score (nSPS) is 14.4. The van der Waals surface area contributed by atoms with Gasteiger partial charge < -0.3 is 24.2 Å². The average Bonchev–Trinajstić information content (AvgIpc) is 2.71. The fourth-order valence-electron chi connectivity index (χ4n) is 2.18. The highest BCUT2D eigenvalue weighted by Gasteiger charge is 2.35. The third kappa shape index (κ3) is 8.20. The summed E-state index contributed by atoms with van der Waals surface area (Å²) in [6, 6.07) is 7.50. The highest BCUT2D eigenvalue weighted by molar-refractivity contribution is 7.52. The summed E-state index contributed by atoms with van der Waals surface area (Å²) in [4.78, 5) is 25.1. The van der Waals surface area contributed by atoms with Gasteiger partial charge in [-0.25, -0.2) is 4.98 Å². The molecule has 0 saturated heterocycles. The average molecular weight is 462 g/mol. The molecule has 2 aromatic rings. The van der Waals surface area contributed by atoms with Gasteiger partial charge in [0.05, 0.1) is 6.10 Å². The van der Waals surface area contributed by atoms with E-state index in [1.54, 1.807) is 13.8 Å². The molecule has 0 saturated carbocycles. The van der Waals surface area contributed by atoms with E-state index in [1.807, 2.05) is 0 Å². The van der Waals surface area contributed by atoms with Gasteiger partial charge in [0.2, 0.25) is 5.88 Å². The molecule has 0 aliphatic heterocycles. The summed E-state index contributed by atoms with van der Waals surface area (Å²) in [5.41, 5.74) is -1.01. The Morgan fingerprint density at radius 1 is 1.23 bits per heavy atom. The summed E-state index contributed by atoms with van der Waals surface area (Å²) in [6.45, 7) is 2.99. The Kier molecular flexibility index (Phi) is 8.43. The predicted octanol–water partition coefficient (Wildman–Crippen LogP) is 4.35. The van der Waals surface area contributed by atoms with Gasteiger partial charge in [0.25, 0.3) is 5.91 Å². The number of pyridine rings is 1. The third-order valence-corrected chi connectivity index (χ3v) is 5.13. The predicted molar refractivity (Wildman–Crippen MR) is 105 cm³/mol. The van der Waals surface area contributed by atoms with Crippen LogP contribution in [0.1, 0.15) is 25.8 Å². The van der Waals surface area contributed by atoms with Gasteiger partial charge in [-0.2, -0.15) is 13.2 Å². The molecule has 2 N–H and O–H groups in total. The van der Waals surface area contributed by atoms with E-state index < -0.39 is 50.1 Å². The second kappa shape index (κ2) is 10.6. The Labute approximate surface area is 176 Å². The van der Waals surface area contributed by atoms with Crippen LogP contribution >= 0.6 is 7.60 Å². The molecule has 8 nitrogen and oxygen atoms in total. The summed E-state index contributed by atoms with van der Waals surface area (Å²) < 4.78 is 66.2. The molecule has 170 valence electrons. The lowest BCUT2D eigenvalue weighted by atomic mass is 10.2. The van der Waals surface area contributed by atoms with E-state index >= 15 is 0 Å². The molecule has 1 heterocycles. The first-order valence-corrected chi connectivity index (χ1v) is 11.0. The van der Waals surface area contributed by atoms with Crippen molar-refractivity contribution in [3.8, 4) is 17.4 Å². The van der Waals surface area contributed by atoms with Crippen molar-refractivity contribution in [1.82, 2.24) is 10.3 Å². The molecule has 2 unspecified atom stereocenters. The zero-order chi connectivity index (χ0) is 23.1. The number of amides is 1. The van der Waals surface area contributed by atoms with E-state index in [0.717, 1.165) is 12.1 Å². The lowest BCUT2D eigenvalue weighted by molar-refractivity contribution is -0.138. The smallest absolute Gasteiger partial charge is 0.421 e. The van der Waals surface area contributed by atoms with E-state index in [0.29, 0.717) is 6.42 Å². The maximum Gasteiger partial charge on any atom is 0.421 e. The first-order chi connectivity index (χ1) is 14.5. The van der Waals surface area contributed by atoms with Crippen LogP contribution in [0.4, 0.5) is 13.2 Å². The van der Waals surface area contributed by atoms with Gasteiger partial charge in [0, 0.05) is 6.20 Å². The molecule has 1 amide bonds. The highest BCUT2D eigenvalue weighted by atomic mass is 31.2. The number of carbonyl (C=O) groups excluding carboxylic acids is 1. The molecule has 12 heteroatoms. The fraction of sp³-hybridized carbons (Fsp3) is 0.368. The van der Waals surface area contributed by atoms with Crippen LogP contribution in [0.25, 0.3) is 0 Å². The number of benzene rings is 1. The minimum Gasteiger partial charge on any atom is -0.484 e. The van der Waals surface area contributed by atoms with Crippen LogP contribution in [-0.2, 0) is 20.1 Å². The standard InChI is InChI=1S/C19H22F3N2O6P/c1-3-13(2)30-31(26,27)12-24-17(25)11-28-14-6-8-15(9-7-14)29-18-16(19(20,21)22)5-4-10-23-18/h4-10,13H,3,11-12H2,1-2H3,(H,24,25)(H,26,27). The van der Waals surface area contributed by atoms with Crippen molar-refractivity contribution in [3.05, 3.63) is 48.2 Å². The second-order valence-corrected chi connectivity index (χ2v) is 8.24. The minimum absolute atomic E-state index is 0.0874. The van der Waals surface area contributed by atoms with Crippen molar-refractivity contribution in [3.63, 3.8) is 0 Å². The number of rotatable bonds is 10. The van der Waals surface area contributed by atoms with Gasteiger partial charge in [-0.3, -0.25) is 9.36 Å². The summed E-state index contributed by atoms with van der Waals surface area (Å²) in [5.74, 6) is -0.909. The van der Waals surface area contributed by atoms with Crippen LogP contribution in [-0.4, -0.2) is 34.8 Å². The Balaban J connectivity index is 1.87. The molecule has 0 spiro atoms. The number of nitrogens with zero attached hydrogens (tertiary/aromatic N) is 1. The van der Waals surface area contributed by atoms with Crippen molar-refractivity contribution >= 4 is 13.5 Å². The van der Waals surface area contributed by atoms with Crippen LogP contribution in [0.15, 0.2) is 42.6 Å². The maximum absolute atomic E-state index is 13.0. The maximum atomic E-state index is 13.0. The van der Waals surface area contributed by atoms with Crippen LogP contribution in [0.5, 0.6) is 17.4 Å². The molecular formula is C19H22F3N2O6P. The van der Waals surface area contributed by atoms with E-state index in [-0.39, 0.29) is 11.5 Å². The van der Waals surface area contributed by atoms with Crippen molar-refractivity contribution < 1.29 is 41.4 Å². The zero-order valence-corrected chi connectivity index (χ0v) is 17.7. The molecule has 31 heavy (non-hydrogen) atoms. The van der Waals surface area contributed by atoms with E-state index in [9.17, 15) is 27.4 Å². The second-order valence-electron chi connectivity index (χ2n) is 6.44. The van der Waals surface area contributed by atoms with Gasteiger partial charge in [-0.15, -0.1) is 0 Å². The van der Waals surface area contributed by atoms with Gasteiger partial charge in [0.1, 0.15) is 23.3 Å². The van der Waals surface area contributed by atoms with Crippen LogP contribution < -0.4 is 14.8 Å². The van der Waals surface area contributed by atoms with Gasteiger partial charge >= 0.3 is 13.8 Å². The monoisotopic (exact) mass is 462 g/mol. The number of carbonyl (C=O) groups is 1. The molecule has 0 aliphatic carbocycles. The van der Waals surface area contributed by atoms with Crippen LogP contribution in [0.3, 0.4) is 0 Å². The summed E-state index contributed by atoms with van der Waals surface area (Å²) in [5, 5.41) is 2.25. The summed E-state index contributed by atoms with van der Waals surface area (Å²) in [7, 11) is -3.96. The van der Waals surface area contributed by atoms with E-state index in [4.69, 9.17) is 14.0 Å². The topological polar surface area (TPSA) is 107 Å². The number of halogens is 3. The molecule has 0 radical (unpaired) electrons. The third-order valence-electron chi connectivity index (χ3n) is 3.88. The largest absolute Gasteiger partial charge is 0.484 e. The zero-order valence-electron chi connectivity index (χ0n) is 16.8. The van der Waals surface area contributed by atoms with Crippen molar-refractivity contribution in [2.24, 2.45) is 0 Å². The molecule has 0 aliphatic rings. The molecule has 2 atom stereocenters. The van der Waals surface area contributed by atoms with E-state index in [2.05, 4.69) is 10.3 Å². The Morgan fingerprint density at radius 2 is 1.87 bits per heavy atom. The van der Waals surface area contributed by atoms with Crippen LogP contribution in [0.2, 0.25) is 0 Å². The molecule has 0 bridgehead atoms. The molecule has 1 aromatic carbocycles. The summed E-state index contributed by atoms with van der Waals surface area (Å²) >= 11 is 0. The Hall–Kier alpha value is -2.62. The molecule has 1 aromatic heterocycles. The van der Waals surface area contributed by atoms with Crippen molar-refractivity contribution in [2.45, 2.75) is 32.5 Å². The molecular weight excluding hydrogens is 440 g/mol. The number of aromatic nitrogens is 1. The quantitative estimate of drug-likeness (QED) is 0.506. The SMILES string of the molecule is CCC(C)OP(=O)(O)CNC(=O)COc1ccc(Oc2ncccc2C(F)(F)F)cc1. The van der Waals surface area contributed by atoms with Crippen LogP contribution in [0, 0.1) is 0 Å². The number of hydrogen-bond acceptors (Lipinski definition) is 6. The molecule has 0 fully saturated rings. The number of nitrogens with one attached hydrogen (secondary N) is 1. The van der Waals surface area contributed by atoms with Gasteiger partial charge in [-0.1, -0.05) is 6.92 Å². The van der Waals surface area contributed by atoms with Crippen molar-refractivity contribution in [1.29, 1.82) is 0 Å². The van der Waals surface area contributed by atoms with Crippen molar-refractivity contribution in [2.75, 3.05) is 12.9 Å². The van der Waals surface area contributed by atoms with E-state index in [1.165, 1.54) is 30.5 Å². The first kappa shape index (κ1) is 24.6. The number of alkyl halides is 3. The minimum atomic E-state index is -4.61. The Bertz CT molecular complexity index is 924. The Morgan fingerprint density at radius 3 is 2.48 bits per heavy atom. The lowest BCUT2D eigenvalue weighted by Crippen LogP contribution is -2.30. The summed E-state index contributed by atoms with van der Waals surface area (Å²) in [6.07, 6.45) is -3.88. The highest BCUT2D eigenvalue weighted by Crippen LogP contribution is 2.42. The number of ether oxygens (including phenoxy) is 2. The van der Waals surface area contributed by atoms with Gasteiger partial charge in [0.15, 0.2) is 6.61 Å². The number of hydrogen-bond donors (Lipinski definition) is 2. The fourth-order valence-corrected chi connectivity index (χ4v) is 3.35. The van der Waals surface area contributed by atoms with Gasteiger partial charge in [-0.05, 0) is 49.7 Å². The lowest BCUT2D eigenvalue weighted by Gasteiger charge is -2.17.